The number of carbonyl (C=O) groups excluding carboxylic acids is 1. The van der Waals surface area contributed by atoms with Gasteiger partial charge >= 0.3 is 28.6 Å². The Hall–Kier alpha value is -2.73. The molecule has 7 nitrogen and oxygen atoms in total. The van der Waals surface area contributed by atoms with E-state index >= 15 is 0 Å². The molecule has 3 rings (SSSR count). The summed E-state index contributed by atoms with van der Waals surface area (Å²) >= 11 is 0. The van der Waals surface area contributed by atoms with Gasteiger partial charge in [0.25, 0.3) is 0 Å². The molecule has 0 aliphatic carbocycles. The molecule has 1 fully saturated rings. The summed E-state index contributed by atoms with van der Waals surface area (Å²) in [6.07, 6.45) is -7.14. The van der Waals surface area contributed by atoms with Gasteiger partial charge < -0.3 is 13.7 Å². The Morgan fingerprint density at radius 3 is 2.31 bits per heavy atom. The van der Waals surface area contributed by atoms with Gasteiger partial charge in [-0.15, -0.1) is 0 Å². The van der Waals surface area contributed by atoms with E-state index in [0.29, 0.717) is 25.0 Å². The highest BCUT2D eigenvalue weighted by atomic mass is 32.2. The molecule has 2 atom stereocenters. The molecule has 35 heavy (non-hydrogen) atoms. The molecular weight excluding hydrogens is 494 g/mol. The van der Waals surface area contributed by atoms with Gasteiger partial charge in [0.2, 0.25) is 0 Å². The predicted molar refractivity (Wildman–Crippen MR) is 116 cm³/mol. The van der Waals surface area contributed by atoms with Crippen molar-refractivity contribution < 1.29 is 44.4 Å². The summed E-state index contributed by atoms with van der Waals surface area (Å²) in [4.78, 5) is 16.2. The van der Waals surface area contributed by atoms with Gasteiger partial charge in [-0.3, -0.25) is 9.78 Å². The van der Waals surface area contributed by atoms with Crippen LogP contribution in [-0.4, -0.2) is 44.6 Å². The first-order valence-corrected chi connectivity index (χ1v) is 12.1. The molecular formula is C23H25F4NO6S. The van der Waals surface area contributed by atoms with Crippen LogP contribution < -0.4 is 4.74 Å². The van der Waals surface area contributed by atoms with E-state index in [1.165, 1.54) is 24.3 Å². The third-order valence-corrected chi connectivity index (χ3v) is 6.66. The molecule has 0 radical (unpaired) electrons. The van der Waals surface area contributed by atoms with Crippen LogP contribution in [0.15, 0.2) is 47.5 Å². The fraction of sp³-hybridized carbons (Fsp3) is 0.478. The zero-order valence-electron chi connectivity index (χ0n) is 19.2. The normalized spacial score (nSPS) is 19.4. The number of benzene rings is 1. The summed E-state index contributed by atoms with van der Waals surface area (Å²) in [7, 11) is -4.42. The average Bonchev–Trinajstić information content (AvgIpc) is 2.78. The van der Waals surface area contributed by atoms with E-state index in [9.17, 15) is 30.8 Å². The van der Waals surface area contributed by atoms with Crippen LogP contribution in [0.1, 0.15) is 33.6 Å². The predicted octanol–water partition coefficient (Wildman–Crippen LogP) is 5.06. The Bertz CT molecular complexity index is 1130. The third kappa shape index (κ3) is 6.69. The van der Waals surface area contributed by atoms with Crippen LogP contribution in [0.5, 0.6) is 5.75 Å². The summed E-state index contributed by atoms with van der Waals surface area (Å²) in [6, 6.07) is 7.21. The smallest absolute Gasteiger partial charge is 0.428 e. The molecule has 2 aromatic rings. The van der Waals surface area contributed by atoms with Crippen LogP contribution in [0, 0.1) is 11.3 Å². The molecule has 0 saturated carbocycles. The largest absolute Gasteiger partial charge is 0.461 e. The Morgan fingerprint density at radius 2 is 1.77 bits per heavy atom. The van der Waals surface area contributed by atoms with Gasteiger partial charge in [0, 0.05) is 18.4 Å². The topological polar surface area (TPSA) is 91.8 Å². The van der Waals surface area contributed by atoms with Gasteiger partial charge in [-0.2, -0.15) is 26.0 Å². The van der Waals surface area contributed by atoms with Crippen LogP contribution in [0.25, 0.3) is 11.3 Å². The second kappa shape index (κ2) is 10.1. The highest BCUT2D eigenvalue weighted by Crippen LogP contribution is 2.34. The van der Waals surface area contributed by atoms with Crippen molar-refractivity contribution in [1.29, 1.82) is 0 Å². The lowest BCUT2D eigenvalue weighted by Gasteiger charge is -2.36. The highest BCUT2D eigenvalue weighted by Gasteiger charge is 2.44. The van der Waals surface area contributed by atoms with Gasteiger partial charge in [0.05, 0.1) is 17.7 Å². The number of nitrogens with zero attached hydrogens (tertiary/aromatic N) is 1. The fourth-order valence-corrected chi connectivity index (χ4v) is 4.30. The maximum atomic E-state index is 13.0. The van der Waals surface area contributed by atoms with Gasteiger partial charge in [-0.1, -0.05) is 20.8 Å². The molecule has 12 heteroatoms. The Labute approximate surface area is 200 Å². The Balaban J connectivity index is 1.67. The molecule has 0 spiro atoms. The van der Waals surface area contributed by atoms with Crippen molar-refractivity contribution in [3.05, 3.63) is 42.6 Å². The molecule has 0 amide bonds. The van der Waals surface area contributed by atoms with Crippen LogP contribution in [-0.2, 0) is 23.8 Å². The summed E-state index contributed by atoms with van der Waals surface area (Å²) < 4.78 is 90.2. The SMILES string of the molecule is CC(C)(C)C1CC(C(=O)OS(=O)(=O)c2ccc(-c3ccc(OC(F)(F)C(F)F)cc3)nc2)CCO1. The Kier molecular flexibility index (Phi) is 7.75. The van der Waals surface area contributed by atoms with Crippen molar-refractivity contribution in [2.24, 2.45) is 11.3 Å². The summed E-state index contributed by atoms with van der Waals surface area (Å²) in [5, 5.41) is 0. The molecule has 1 aromatic heterocycles. The maximum absolute atomic E-state index is 13.0. The van der Waals surface area contributed by atoms with Crippen LogP contribution in [0.2, 0.25) is 0 Å². The first-order chi connectivity index (χ1) is 16.2. The number of rotatable bonds is 7. The second-order valence-electron chi connectivity index (χ2n) is 9.17. The standard InChI is InChI=1S/C23H25F4NO6S/c1-22(2,3)19-12-15(10-11-32-19)20(29)34-35(30,31)17-8-9-18(28-13-17)14-4-6-16(7-5-14)33-23(26,27)21(24)25/h4-9,13,15,19,21H,10-12H2,1-3H3. The first kappa shape index (κ1) is 26.9. The number of ether oxygens (including phenoxy) is 2. The number of carbonyl (C=O) groups is 1. The average molecular weight is 520 g/mol. The minimum atomic E-state index is -4.63. The number of alkyl halides is 4. The van der Waals surface area contributed by atoms with Crippen molar-refractivity contribution >= 4 is 16.1 Å². The van der Waals surface area contributed by atoms with Crippen LogP contribution in [0.3, 0.4) is 0 Å². The molecule has 2 heterocycles. The zero-order valence-corrected chi connectivity index (χ0v) is 20.0. The lowest BCUT2D eigenvalue weighted by Crippen LogP contribution is -2.39. The number of aromatic nitrogens is 1. The van der Waals surface area contributed by atoms with Crippen molar-refractivity contribution in [1.82, 2.24) is 4.98 Å². The molecule has 1 aromatic carbocycles. The van der Waals surface area contributed by atoms with Gasteiger partial charge in [-0.05, 0) is 54.7 Å². The van der Waals surface area contributed by atoms with Crippen molar-refractivity contribution in [2.45, 2.75) is 57.1 Å². The summed E-state index contributed by atoms with van der Waals surface area (Å²) in [6.45, 7) is 6.22. The van der Waals surface area contributed by atoms with E-state index in [1.54, 1.807) is 0 Å². The number of hydrogen-bond acceptors (Lipinski definition) is 7. The molecule has 2 unspecified atom stereocenters. The summed E-state index contributed by atoms with van der Waals surface area (Å²) in [5.74, 6) is -1.96. The van der Waals surface area contributed by atoms with E-state index in [2.05, 4.69) is 9.72 Å². The lowest BCUT2D eigenvalue weighted by molar-refractivity contribution is -0.253. The van der Waals surface area contributed by atoms with E-state index in [0.717, 1.165) is 18.3 Å². The number of halogens is 4. The highest BCUT2D eigenvalue weighted by molar-refractivity contribution is 7.87. The first-order valence-electron chi connectivity index (χ1n) is 10.7. The van der Waals surface area contributed by atoms with Gasteiger partial charge in [0.1, 0.15) is 10.6 Å². The van der Waals surface area contributed by atoms with E-state index in [4.69, 9.17) is 8.92 Å². The minimum absolute atomic E-state index is 0.212. The summed E-state index contributed by atoms with van der Waals surface area (Å²) in [5.41, 5.74) is 0.431. The molecule has 1 saturated heterocycles. The number of hydrogen-bond donors (Lipinski definition) is 0. The minimum Gasteiger partial charge on any atom is -0.428 e. The quantitative estimate of drug-likeness (QED) is 0.373. The molecule has 1 aliphatic rings. The van der Waals surface area contributed by atoms with Crippen molar-refractivity contribution in [3.63, 3.8) is 0 Å². The third-order valence-electron chi connectivity index (χ3n) is 5.46. The monoisotopic (exact) mass is 519 g/mol. The molecule has 192 valence electrons. The van der Waals surface area contributed by atoms with Gasteiger partial charge in [0.15, 0.2) is 0 Å². The molecule has 0 N–H and O–H groups in total. The van der Waals surface area contributed by atoms with Crippen molar-refractivity contribution in [2.75, 3.05) is 6.61 Å². The van der Waals surface area contributed by atoms with E-state index in [-0.39, 0.29) is 22.1 Å². The van der Waals surface area contributed by atoms with Crippen LogP contribution in [0.4, 0.5) is 17.6 Å². The maximum Gasteiger partial charge on any atom is 0.461 e. The van der Waals surface area contributed by atoms with Crippen LogP contribution >= 0.6 is 0 Å². The van der Waals surface area contributed by atoms with E-state index < -0.39 is 40.3 Å². The zero-order chi connectivity index (χ0) is 26.0. The fourth-order valence-electron chi connectivity index (χ4n) is 3.43. The second-order valence-corrected chi connectivity index (χ2v) is 10.7. The van der Waals surface area contributed by atoms with E-state index in [1.807, 2.05) is 20.8 Å². The Morgan fingerprint density at radius 1 is 1.11 bits per heavy atom. The molecule has 1 aliphatic heterocycles. The van der Waals surface area contributed by atoms with Gasteiger partial charge in [-0.25, -0.2) is 0 Å². The molecule has 0 bridgehead atoms. The lowest BCUT2D eigenvalue weighted by atomic mass is 9.81. The number of pyridine rings is 1. The van der Waals surface area contributed by atoms with Crippen molar-refractivity contribution in [3.8, 4) is 17.0 Å².